The van der Waals surface area contributed by atoms with Gasteiger partial charge in [-0.3, -0.25) is 0 Å². The van der Waals surface area contributed by atoms with E-state index in [-0.39, 0.29) is 0 Å². The highest BCUT2D eigenvalue weighted by molar-refractivity contribution is 6.35. The van der Waals surface area contributed by atoms with Gasteiger partial charge in [0.25, 0.3) is 0 Å². The first-order valence-electron chi connectivity index (χ1n) is 11.8. The molecule has 0 saturated heterocycles. The van der Waals surface area contributed by atoms with E-state index in [0.29, 0.717) is 0 Å². The number of benzene rings is 7. The molecule has 0 bridgehead atoms. The highest BCUT2D eigenvalue weighted by Crippen LogP contribution is 2.46. The van der Waals surface area contributed by atoms with E-state index < -0.39 is 0 Å². The van der Waals surface area contributed by atoms with Crippen LogP contribution in [-0.2, 0) is 0 Å². The molecule has 0 spiro atoms. The van der Waals surface area contributed by atoms with Crippen LogP contribution >= 0.6 is 0 Å². The van der Waals surface area contributed by atoms with Crippen LogP contribution in [-0.4, -0.2) is 0 Å². The molecule has 0 amide bonds. The molecule has 7 aromatic rings. The number of para-hydroxylation sites is 2. The Hall–Kier alpha value is -4.36. The molecule has 1 heteroatoms. The second kappa shape index (κ2) is 7.33. The number of aryl methyl sites for hydroxylation is 1. The molecule has 7 aromatic carbocycles. The highest BCUT2D eigenvalue weighted by Gasteiger charge is 2.20. The Morgan fingerprint density at radius 3 is 1.47 bits per heavy atom. The smallest absolute Gasteiger partial charge is 0.0540 e. The number of hydrogen-bond donors (Lipinski definition) is 0. The van der Waals surface area contributed by atoms with Gasteiger partial charge in [0.2, 0.25) is 0 Å². The quantitative estimate of drug-likeness (QED) is 0.198. The number of rotatable bonds is 3. The molecule has 0 N–H and O–H groups in total. The van der Waals surface area contributed by atoms with Gasteiger partial charge >= 0.3 is 0 Å². The minimum atomic E-state index is 1.16. The average Bonchev–Trinajstić information content (AvgIpc) is 2.90. The number of fused-ring (bicyclic) bond motifs is 3. The third-order valence-electron chi connectivity index (χ3n) is 7.13. The number of anilines is 3. The molecule has 0 aliphatic rings. The van der Waals surface area contributed by atoms with Crippen LogP contribution in [0.2, 0.25) is 0 Å². The van der Waals surface area contributed by atoms with Gasteiger partial charge in [-0.05, 0) is 75.1 Å². The summed E-state index contributed by atoms with van der Waals surface area (Å²) in [6.45, 7) is 2.22. The molecule has 0 aliphatic carbocycles. The van der Waals surface area contributed by atoms with Crippen LogP contribution in [0.5, 0.6) is 0 Å². The Morgan fingerprint density at radius 2 is 0.853 bits per heavy atom. The summed E-state index contributed by atoms with van der Waals surface area (Å²) in [5.41, 5.74) is 4.83. The van der Waals surface area contributed by atoms with Crippen molar-refractivity contribution < 1.29 is 0 Å². The molecule has 0 radical (unpaired) electrons. The maximum Gasteiger partial charge on any atom is 0.0540 e. The van der Waals surface area contributed by atoms with Crippen molar-refractivity contribution in [1.29, 1.82) is 0 Å². The summed E-state index contributed by atoms with van der Waals surface area (Å²) in [5, 5.41) is 10.6. The van der Waals surface area contributed by atoms with Crippen LogP contribution < -0.4 is 4.90 Å². The summed E-state index contributed by atoms with van der Waals surface area (Å²) in [4.78, 5) is 2.38. The topological polar surface area (TPSA) is 3.24 Å². The van der Waals surface area contributed by atoms with Gasteiger partial charge in [0.15, 0.2) is 0 Å². The van der Waals surface area contributed by atoms with Crippen LogP contribution in [0.3, 0.4) is 0 Å². The number of hydrogen-bond acceptors (Lipinski definition) is 1. The lowest BCUT2D eigenvalue weighted by Crippen LogP contribution is -2.10. The van der Waals surface area contributed by atoms with E-state index in [0.717, 1.165) is 11.4 Å². The fourth-order valence-corrected chi connectivity index (χ4v) is 5.60. The second-order valence-corrected chi connectivity index (χ2v) is 9.03. The van der Waals surface area contributed by atoms with Crippen LogP contribution in [0.25, 0.3) is 43.1 Å². The van der Waals surface area contributed by atoms with Crippen molar-refractivity contribution >= 4 is 60.2 Å². The van der Waals surface area contributed by atoms with Crippen LogP contribution in [0.15, 0.2) is 121 Å². The molecular formula is C33H23N. The predicted molar refractivity (Wildman–Crippen MR) is 147 cm³/mol. The lowest BCUT2D eigenvalue weighted by Gasteiger charge is -2.28. The Morgan fingerprint density at radius 1 is 0.382 bits per heavy atom. The van der Waals surface area contributed by atoms with Gasteiger partial charge in [0, 0.05) is 22.1 Å². The largest absolute Gasteiger partial charge is 0.310 e. The summed E-state index contributed by atoms with van der Waals surface area (Å²) in [5.74, 6) is 0. The molecule has 7 rings (SSSR count). The van der Waals surface area contributed by atoms with Crippen molar-refractivity contribution in [2.24, 2.45) is 0 Å². The molecule has 0 fully saturated rings. The molecule has 0 unspecified atom stereocenters. The van der Waals surface area contributed by atoms with Crippen molar-refractivity contribution in [3.63, 3.8) is 0 Å². The maximum absolute atomic E-state index is 2.38. The van der Waals surface area contributed by atoms with Gasteiger partial charge < -0.3 is 4.90 Å². The normalized spacial score (nSPS) is 11.7. The molecular weight excluding hydrogens is 410 g/mol. The third-order valence-corrected chi connectivity index (χ3v) is 7.13. The lowest BCUT2D eigenvalue weighted by molar-refractivity contribution is 1.30. The summed E-state index contributed by atoms with van der Waals surface area (Å²) in [7, 11) is 0. The standard InChI is InChI=1S/C33H23N/c1-22-16-17-28-26-14-8-9-15-27(26)29-20-21-31(30-19-18-25(22)32(28)33(29)30)34(23-10-4-2-5-11-23)24-12-6-3-7-13-24/h2-21H,1H3. The minimum Gasteiger partial charge on any atom is -0.310 e. The van der Waals surface area contributed by atoms with Gasteiger partial charge in [0.05, 0.1) is 5.69 Å². The predicted octanol–water partition coefficient (Wildman–Crippen LogP) is 9.52. The summed E-state index contributed by atoms with van der Waals surface area (Å²) in [6.07, 6.45) is 0. The molecule has 0 saturated carbocycles. The highest BCUT2D eigenvalue weighted by atomic mass is 15.1. The minimum absolute atomic E-state index is 1.16. The zero-order valence-electron chi connectivity index (χ0n) is 19.0. The van der Waals surface area contributed by atoms with E-state index >= 15 is 0 Å². The van der Waals surface area contributed by atoms with E-state index in [4.69, 9.17) is 0 Å². The zero-order chi connectivity index (χ0) is 22.6. The Bertz CT molecular complexity index is 1760. The van der Waals surface area contributed by atoms with Crippen molar-refractivity contribution in [2.75, 3.05) is 4.90 Å². The van der Waals surface area contributed by atoms with Crippen LogP contribution in [0.1, 0.15) is 5.56 Å². The number of nitrogens with zero attached hydrogens (tertiary/aromatic N) is 1. The maximum atomic E-state index is 2.38. The average molecular weight is 434 g/mol. The lowest BCUT2D eigenvalue weighted by atomic mass is 9.87. The Labute approximate surface area is 198 Å². The van der Waals surface area contributed by atoms with Crippen molar-refractivity contribution in [3.8, 4) is 0 Å². The monoisotopic (exact) mass is 433 g/mol. The first kappa shape index (κ1) is 19.1. The molecule has 34 heavy (non-hydrogen) atoms. The second-order valence-electron chi connectivity index (χ2n) is 9.03. The van der Waals surface area contributed by atoms with E-state index in [1.54, 1.807) is 0 Å². The SMILES string of the molecule is Cc1ccc2c3ccccc3c3ccc(N(c4ccccc4)c4ccccc4)c4ccc1c2c43. The first-order valence-corrected chi connectivity index (χ1v) is 11.8. The molecule has 0 heterocycles. The van der Waals surface area contributed by atoms with Crippen LogP contribution in [0.4, 0.5) is 17.1 Å². The summed E-state index contributed by atoms with van der Waals surface area (Å²) >= 11 is 0. The van der Waals surface area contributed by atoms with Crippen molar-refractivity contribution in [3.05, 3.63) is 127 Å². The Balaban J connectivity index is 1.67. The van der Waals surface area contributed by atoms with Gasteiger partial charge in [-0.1, -0.05) is 91.0 Å². The zero-order valence-corrected chi connectivity index (χ0v) is 19.0. The van der Waals surface area contributed by atoms with E-state index in [1.807, 2.05) is 0 Å². The molecule has 0 atom stereocenters. The Kier molecular flexibility index (Phi) is 4.13. The van der Waals surface area contributed by atoms with Gasteiger partial charge in [-0.2, -0.15) is 0 Å². The fraction of sp³-hybridized carbons (Fsp3) is 0.0303. The van der Waals surface area contributed by atoms with Gasteiger partial charge in [0.1, 0.15) is 0 Å². The van der Waals surface area contributed by atoms with E-state index in [9.17, 15) is 0 Å². The van der Waals surface area contributed by atoms with Gasteiger partial charge in [-0.15, -0.1) is 0 Å². The molecule has 0 aliphatic heterocycles. The van der Waals surface area contributed by atoms with Crippen molar-refractivity contribution in [2.45, 2.75) is 6.92 Å². The van der Waals surface area contributed by atoms with E-state index in [2.05, 4.69) is 133 Å². The fourth-order valence-electron chi connectivity index (χ4n) is 5.60. The summed E-state index contributed by atoms with van der Waals surface area (Å²) in [6, 6.07) is 44.0. The van der Waals surface area contributed by atoms with E-state index in [1.165, 1.54) is 54.3 Å². The van der Waals surface area contributed by atoms with Gasteiger partial charge in [-0.25, -0.2) is 0 Å². The molecule has 1 nitrogen and oxygen atoms in total. The molecule has 160 valence electrons. The molecule has 0 aromatic heterocycles. The van der Waals surface area contributed by atoms with Crippen LogP contribution in [0, 0.1) is 6.92 Å². The third kappa shape index (κ3) is 2.67. The summed E-state index contributed by atoms with van der Waals surface area (Å²) < 4.78 is 0. The van der Waals surface area contributed by atoms with Crippen molar-refractivity contribution in [1.82, 2.24) is 0 Å². The first-order chi connectivity index (χ1) is 16.8.